The molecule has 14 heteroatoms. The molecule has 4 rings (SSSR count). The smallest absolute Gasteiger partial charge is 0.407 e. The van der Waals surface area contributed by atoms with Crippen molar-refractivity contribution in [1.82, 2.24) is 5.32 Å². The molecule has 6 atom stereocenters. The predicted molar refractivity (Wildman–Crippen MR) is 172 cm³/mol. The molecular formula is C34H43NO12S. The van der Waals surface area contributed by atoms with Gasteiger partial charge in [-0.25, -0.2) is 4.79 Å². The molecule has 48 heavy (non-hydrogen) atoms. The third-order valence-electron chi connectivity index (χ3n) is 8.54. The Morgan fingerprint density at radius 2 is 1.50 bits per heavy atom. The number of ketones is 1. The van der Waals surface area contributed by atoms with Crippen LogP contribution in [0.1, 0.15) is 70.4 Å². The van der Waals surface area contributed by atoms with E-state index in [-0.39, 0.29) is 37.7 Å². The summed E-state index contributed by atoms with van der Waals surface area (Å²) >= 11 is 0. The number of alkyl carbamates (subject to hydrolysis) is 1. The summed E-state index contributed by atoms with van der Waals surface area (Å²) in [5.41, 5.74) is 4.12. The van der Waals surface area contributed by atoms with Crippen LogP contribution in [-0.4, -0.2) is 86.4 Å². The zero-order valence-electron chi connectivity index (χ0n) is 27.5. The molecule has 13 nitrogen and oxygen atoms in total. The molecule has 1 saturated heterocycles. The fraction of sp³-hybridized carbons (Fsp3) is 0.529. The van der Waals surface area contributed by atoms with E-state index in [1.165, 1.54) is 13.8 Å². The van der Waals surface area contributed by atoms with Crippen molar-refractivity contribution >= 4 is 33.9 Å². The molecule has 0 bridgehead atoms. The van der Waals surface area contributed by atoms with Crippen molar-refractivity contribution in [3.63, 3.8) is 0 Å². The third kappa shape index (κ3) is 9.62. The summed E-state index contributed by atoms with van der Waals surface area (Å²) in [6.07, 6.45) is -4.14. The average Bonchev–Trinajstić information content (AvgIpc) is 3.35. The zero-order valence-corrected chi connectivity index (χ0v) is 28.3. The lowest BCUT2D eigenvalue weighted by Gasteiger charge is -2.44. The number of hydrogen-bond donors (Lipinski definition) is 2. The Bertz CT molecular complexity index is 1530. The van der Waals surface area contributed by atoms with Crippen molar-refractivity contribution < 1.29 is 55.8 Å². The Balaban J connectivity index is 1.48. The van der Waals surface area contributed by atoms with Gasteiger partial charge in [0, 0.05) is 32.1 Å². The van der Waals surface area contributed by atoms with Crippen molar-refractivity contribution in [2.45, 2.75) is 89.9 Å². The van der Waals surface area contributed by atoms with Gasteiger partial charge in [0.1, 0.15) is 18.8 Å². The van der Waals surface area contributed by atoms with Crippen LogP contribution in [0.15, 0.2) is 48.5 Å². The molecule has 2 aromatic carbocycles. The molecule has 2 aliphatic rings. The molecule has 1 amide bonds. The molecule has 1 fully saturated rings. The lowest BCUT2D eigenvalue weighted by molar-refractivity contribution is -0.290. The van der Waals surface area contributed by atoms with Crippen molar-refractivity contribution in [2.24, 2.45) is 5.92 Å². The van der Waals surface area contributed by atoms with Crippen LogP contribution in [0.2, 0.25) is 0 Å². The second-order valence-corrected chi connectivity index (χ2v) is 13.6. The quantitative estimate of drug-likeness (QED) is 0.118. The topological polar surface area (TPSA) is 181 Å². The van der Waals surface area contributed by atoms with Gasteiger partial charge in [-0.05, 0) is 41.5 Å². The molecule has 2 N–H and O–H groups in total. The van der Waals surface area contributed by atoms with Gasteiger partial charge in [0.25, 0.3) is 10.1 Å². The molecule has 262 valence electrons. The number of carbonyl (C=O) groups excluding carboxylic acids is 4. The van der Waals surface area contributed by atoms with Crippen LogP contribution in [0.5, 0.6) is 0 Å². The summed E-state index contributed by atoms with van der Waals surface area (Å²) in [4.78, 5) is 50.5. The number of Topliss-reactive ketones (excluding diaryl/α,β-unsaturated/α-hetero) is 1. The molecular weight excluding hydrogens is 646 g/mol. The first-order valence-electron chi connectivity index (χ1n) is 16.0. The number of rotatable bonds is 15. The molecule has 0 unspecified atom stereocenters. The first-order valence-corrected chi connectivity index (χ1v) is 17.6. The van der Waals surface area contributed by atoms with Gasteiger partial charge in [-0.15, -0.1) is 0 Å². The molecule has 0 radical (unpaired) electrons. The van der Waals surface area contributed by atoms with E-state index < -0.39 is 76.9 Å². The fourth-order valence-corrected chi connectivity index (χ4v) is 6.84. The SMILES string of the molecule is CC[C@H]1O[C@@H](OC[C@H](NC(=O)OCC2c3ccccc3-c3ccccc32)C(=O)CCCCS(=O)(=O)O)[C@H](OC(C)=O)[C@@H](OC(C)=O)[C@@H]1C. The van der Waals surface area contributed by atoms with Crippen molar-refractivity contribution in [3.05, 3.63) is 59.7 Å². The second-order valence-electron chi connectivity index (χ2n) is 12.0. The van der Waals surface area contributed by atoms with E-state index in [2.05, 4.69) is 5.32 Å². The van der Waals surface area contributed by atoms with Gasteiger partial charge in [-0.3, -0.25) is 18.9 Å². The van der Waals surface area contributed by atoms with Crippen LogP contribution < -0.4 is 5.32 Å². The standard InChI is InChI=1S/C34H43NO12S/c1-5-30-20(2)31(45-21(3)36)32(46-22(4)37)33(47-30)43-19-28(29(38)16-10-11-17-48(40,41)42)35-34(39)44-18-27-25-14-8-6-12-23(25)24-13-7-9-15-26(24)27/h6-9,12-15,20,27-28,30-33H,5,10-11,16-19H2,1-4H3,(H,35,39)(H,40,41,42)/t20-,28+,30-,31+,32-,33-/m1/s1. The molecule has 0 saturated carbocycles. The monoisotopic (exact) mass is 689 g/mol. The lowest BCUT2D eigenvalue weighted by Crippen LogP contribution is -2.58. The zero-order chi connectivity index (χ0) is 35.0. The van der Waals surface area contributed by atoms with Gasteiger partial charge in [0.2, 0.25) is 0 Å². The van der Waals surface area contributed by atoms with E-state index in [9.17, 15) is 27.6 Å². The Kier molecular flexibility index (Phi) is 12.7. The molecule has 1 heterocycles. The van der Waals surface area contributed by atoms with Crippen LogP contribution in [0, 0.1) is 5.92 Å². The molecule has 0 spiro atoms. The van der Waals surface area contributed by atoms with Crippen LogP contribution in [0.4, 0.5) is 4.79 Å². The number of unbranched alkanes of at least 4 members (excludes halogenated alkanes) is 1. The Hall–Kier alpha value is -3.85. The summed E-state index contributed by atoms with van der Waals surface area (Å²) in [6.45, 7) is 5.66. The summed E-state index contributed by atoms with van der Waals surface area (Å²) in [5.74, 6) is -2.85. The predicted octanol–water partition coefficient (Wildman–Crippen LogP) is 4.17. The highest BCUT2D eigenvalue weighted by atomic mass is 32.2. The highest BCUT2D eigenvalue weighted by Crippen LogP contribution is 2.44. The Morgan fingerprint density at radius 1 is 0.917 bits per heavy atom. The maximum Gasteiger partial charge on any atom is 0.407 e. The van der Waals surface area contributed by atoms with Crippen LogP contribution >= 0.6 is 0 Å². The van der Waals surface area contributed by atoms with Crippen molar-refractivity contribution in [3.8, 4) is 11.1 Å². The highest BCUT2D eigenvalue weighted by molar-refractivity contribution is 7.85. The van der Waals surface area contributed by atoms with E-state index in [0.717, 1.165) is 22.3 Å². The van der Waals surface area contributed by atoms with Crippen LogP contribution in [0.25, 0.3) is 11.1 Å². The number of esters is 2. The average molecular weight is 690 g/mol. The molecule has 0 aromatic heterocycles. The molecule has 2 aromatic rings. The highest BCUT2D eigenvalue weighted by Gasteiger charge is 2.48. The van der Waals surface area contributed by atoms with Gasteiger partial charge in [0.05, 0.1) is 18.5 Å². The van der Waals surface area contributed by atoms with E-state index in [1.807, 2.05) is 55.5 Å². The number of fused-ring (bicyclic) bond motifs is 3. The summed E-state index contributed by atoms with van der Waals surface area (Å²) in [7, 11) is -4.21. The number of benzene rings is 2. The maximum absolute atomic E-state index is 13.3. The minimum absolute atomic E-state index is 0.00359. The Morgan fingerprint density at radius 3 is 2.06 bits per heavy atom. The largest absolute Gasteiger partial charge is 0.458 e. The van der Waals surface area contributed by atoms with Gasteiger partial charge in [-0.1, -0.05) is 62.4 Å². The van der Waals surface area contributed by atoms with E-state index in [0.29, 0.717) is 6.42 Å². The summed E-state index contributed by atoms with van der Waals surface area (Å²) in [5, 5.41) is 2.57. The van der Waals surface area contributed by atoms with Gasteiger partial charge in [0.15, 0.2) is 18.2 Å². The maximum atomic E-state index is 13.3. The number of ether oxygens (including phenoxy) is 5. The minimum Gasteiger partial charge on any atom is -0.458 e. The van der Waals surface area contributed by atoms with Gasteiger partial charge < -0.3 is 29.0 Å². The summed E-state index contributed by atoms with van der Waals surface area (Å²) < 4.78 is 60.0. The normalized spacial score (nSPS) is 22.6. The van der Waals surface area contributed by atoms with Crippen molar-refractivity contribution in [2.75, 3.05) is 19.0 Å². The second kappa shape index (κ2) is 16.5. The number of carbonyl (C=O) groups is 4. The van der Waals surface area contributed by atoms with Gasteiger partial charge in [-0.2, -0.15) is 8.42 Å². The number of nitrogens with one attached hydrogen (secondary N) is 1. The number of amides is 1. The molecule has 1 aliphatic carbocycles. The van der Waals surface area contributed by atoms with Gasteiger partial charge >= 0.3 is 18.0 Å². The Labute approximate surface area is 280 Å². The van der Waals surface area contributed by atoms with Crippen LogP contribution in [0.3, 0.4) is 0 Å². The lowest BCUT2D eigenvalue weighted by atomic mass is 9.89. The van der Waals surface area contributed by atoms with Crippen LogP contribution in [-0.2, 0) is 48.2 Å². The van der Waals surface area contributed by atoms with E-state index in [1.54, 1.807) is 6.92 Å². The molecule has 1 aliphatic heterocycles. The third-order valence-corrected chi connectivity index (χ3v) is 9.34. The first kappa shape index (κ1) is 37.0. The summed E-state index contributed by atoms with van der Waals surface area (Å²) in [6, 6.07) is 14.4. The van der Waals surface area contributed by atoms with E-state index >= 15 is 0 Å². The first-order chi connectivity index (χ1) is 22.8. The number of hydrogen-bond acceptors (Lipinski definition) is 11. The van der Waals surface area contributed by atoms with Crippen molar-refractivity contribution in [1.29, 1.82) is 0 Å². The fourth-order valence-electron chi connectivity index (χ4n) is 6.27. The minimum atomic E-state index is -4.21. The van der Waals surface area contributed by atoms with E-state index in [4.69, 9.17) is 28.2 Å².